The van der Waals surface area contributed by atoms with Gasteiger partial charge in [-0.15, -0.1) is 0 Å². The minimum atomic E-state index is 0.00637. The molecule has 1 aliphatic rings. The summed E-state index contributed by atoms with van der Waals surface area (Å²) < 4.78 is 0. The molecule has 88 valence electrons. The number of anilines is 1. The molecule has 0 spiro atoms. The Morgan fingerprint density at radius 3 is 2.71 bits per heavy atom. The number of fused-ring (bicyclic) bond motifs is 1. The Labute approximate surface area is 103 Å². The minimum Gasteiger partial charge on any atom is -0.376 e. The van der Waals surface area contributed by atoms with E-state index in [0.717, 1.165) is 29.7 Å². The van der Waals surface area contributed by atoms with Crippen LogP contribution in [0, 0.1) is 11.3 Å². The number of allylic oxidation sites excluding steroid dienone is 1. The van der Waals surface area contributed by atoms with E-state index in [0.29, 0.717) is 0 Å². The number of rotatable bonds is 2. The van der Waals surface area contributed by atoms with Crippen molar-refractivity contribution < 1.29 is 0 Å². The van der Waals surface area contributed by atoms with Crippen molar-refractivity contribution in [3.63, 3.8) is 0 Å². The topological polar surface area (TPSA) is 35.8 Å². The van der Waals surface area contributed by atoms with E-state index in [4.69, 9.17) is 0 Å². The summed E-state index contributed by atoms with van der Waals surface area (Å²) in [4.78, 5) is 0. The third-order valence-corrected chi connectivity index (χ3v) is 3.53. The van der Waals surface area contributed by atoms with Crippen LogP contribution in [0.4, 0.5) is 5.69 Å². The van der Waals surface area contributed by atoms with Crippen LogP contribution in [0.3, 0.4) is 0 Å². The molecule has 0 bridgehead atoms. The van der Waals surface area contributed by atoms with Crippen molar-refractivity contribution in [2.75, 3.05) is 5.32 Å². The van der Waals surface area contributed by atoms with Gasteiger partial charge >= 0.3 is 0 Å². The highest BCUT2D eigenvalue weighted by molar-refractivity contribution is 5.84. The van der Waals surface area contributed by atoms with Crippen LogP contribution in [0.25, 0.3) is 5.57 Å². The molecule has 2 rings (SSSR count). The standard InChI is InChI=1S/C15H18N2/c1-4-11-9-15(3,5-2)17-13-8-6-7-12(10-16)14(11)13/h6-9,17H,4-5H2,1-3H3. The van der Waals surface area contributed by atoms with Gasteiger partial charge in [0.2, 0.25) is 0 Å². The second kappa shape index (κ2) is 4.25. The van der Waals surface area contributed by atoms with Crippen molar-refractivity contribution in [2.45, 2.75) is 39.2 Å². The van der Waals surface area contributed by atoms with Crippen LogP contribution in [0.1, 0.15) is 44.7 Å². The highest BCUT2D eigenvalue weighted by atomic mass is 15.0. The van der Waals surface area contributed by atoms with Gasteiger partial charge in [0.25, 0.3) is 0 Å². The summed E-state index contributed by atoms with van der Waals surface area (Å²) in [5.74, 6) is 0. The van der Waals surface area contributed by atoms with Crippen LogP contribution >= 0.6 is 0 Å². The Balaban J connectivity index is 2.63. The molecule has 1 heterocycles. The average molecular weight is 226 g/mol. The third-order valence-electron chi connectivity index (χ3n) is 3.53. The van der Waals surface area contributed by atoms with Crippen molar-refractivity contribution in [3.05, 3.63) is 35.4 Å². The zero-order valence-electron chi connectivity index (χ0n) is 10.7. The predicted molar refractivity (Wildman–Crippen MR) is 71.7 cm³/mol. The molecule has 0 aliphatic carbocycles. The molecule has 2 nitrogen and oxygen atoms in total. The van der Waals surface area contributed by atoms with Crippen molar-refractivity contribution in [1.82, 2.24) is 0 Å². The Morgan fingerprint density at radius 1 is 1.35 bits per heavy atom. The van der Waals surface area contributed by atoms with Gasteiger partial charge in [-0.1, -0.05) is 26.0 Å². The van der Waals surface area contributed by atoms with Crippen LogP contribution in [0.2, 0.25) is 0 Å². The zero-order valence-corrected chi connectivity index (χ0v) is 10.7. The summed E-state index contributed by atoms with van der Waals surface area (Å²) in [6.45, 7) is 6.52. The normalized spacial score (nSPS) is 22.1. The number of hydrogen-bond donors (Lipinski definition) is 1. The van der Waals surface area contributed by atoms with E-state index in [1.165, 1.54) is 5.57 Å². The van der Waals surface area contributed by atoms with Crippen molar-refractivity contribution in [3.8, 4) is 6.07 Å². The largest absolute Gasteiger partial charge is 0.376 e. The molecule has 17 heavy (non-hydrogen) atoms. The number of hydrogen-bond acceptors (Lipinski definition) is 2. The number of nitrogens with one attached hydrogen (secondary N) is 1. The van der Waals surface area contributed by atoms with Crippen LogP contribution in [-0.2, 0) is 0 Å². The highest BCUT2D eigenvalue weighted by Gasteiger charge is 2.27. The molecule has 1 unspecified atom stereocenters. The van der Waals surface area contributed by atoms with Gasteiger partial charge in [0.1, 0.15) is 0 Å². The Bertz CT molecular complexity index is 508. The molecule has 0 radical (unpaired) electrons. The van der Waals surface area contributed by atoms with Crippen LogP contribution < -0.4 is 5.32 Å². The van der Waals surface area contributed by atoms with Gasteiger partial charge in [-0.25, -0.2) is 0 Å². The van der Waals surface area contributed by atoms with Gasteiger partial charge in [0.15, 0.2) is 0 Å². The zero-order chi connectivity index (χ0) is 12.5. The number of nitrogens with zero attached hydrogens (tertiary/aromatic N) is 1. The van der Waals surface area contributed by atoms with E-state index in [-0.39, 0.29) is 5.54 Å². The van der Waals surface area contributed by atoms with Crippen molar-refractivity contribution in [2.24, 2.45) is 0 Å². The first-order valence-corrected chi connectivity index (χ1v) is 6.17. The molecule has 1 atom stereocenters. The van der Waals surface area contributed by atoms with E-state index >= 15 is 0 Å². The lowest BCUT2D eigenvalue weighted by molar-refractivity contribution is 0.607. The van der Waals surface area contributed by atoms with Crippen molar-refractivity contribution in [1.29, 1.82) is 5.26 Å². The molecule has 0 amide bonds. The maximum absolute atomic E-state index is 9.19. The van der Waals surface area contributed by atoms with Gasteiger partial charge in [0, 0.05) is 11.3 Å². The minimum absolute atomic E-state index is 0.00637. The molecule has 0 fully saturated rings. The molecule has 1 aromatic carbocycles. The van der Waals surface area contributed by atoms with E-state index < -0.39 is 0 Å². The van der Waals surface area contributed by atoms with E-state index in [1.54, 1.807) is 0 Å². The summed E-state index contributed by atoms with van der Waals surface area (Å²) in [5.41, 5.74) is 4.23. The lowest BCUT2D eigenvalue weighted by Crippen LogP contribution is -2.34. The fourth-order valence-corrected chi connectivity index (χ4v) is 2.37. The Kier molecular flexibility index (Phi) is 2.93. The van der Waals surface area contributed by atoms with Gasteiger partial charge in [0.05, 0.1) is 17.2 Å². The van der Waals surface area contributed by atoms with Crippen LogP contribution in [-0.4, -0.2) is 5.54 Å². The molecular formula is C15H18N2. The smallest absolute Gasteiger partial charge is 0.0998 e. The molecule has 2 heteroatoms. The quantitative estimate of drug-likeness (QED) is 0.829. The van der Waals surface area contributed by atoms with Gasteiger partial charge in [-0.3, -0.25) is 0 Å². The lowest BCUT2D eigenvalue weighted by atomic mass is 9.84. The van der Waals surface area contributed by atoms with Crippen LogP contribution in [0.5, 0.6) is 0 Å². The van der Waals surface area contributed by atoms with Crippen LogP contribution in [0.15, 0.2) is 24.3 Å². The van der Waals surface area contributed by atoms with Gasteiger partial charge in [-0.2, -0.15) is 5.26 Å². The van der Waals surface area contributed by atoms with E-state index in [9.17, 15) is 5.26 Å². The monoisotopic (exact) mass is 226 g/mol. The summed E-state index contributed by atoms with van der Waals surface area (Å²) in [7, 11) is 0. The third kappa shape index (κ3) is 1.93. The Morgan fingerprint density at radius 2 is 2.12 bits per heavy atom. The predicted octanol–water partition coefficient (Wildman–Crippen LogP) is 3.95. The molecule has 1 N–H and O–H groups in total. The Hall–Kier alpha value is -1.75. The molecule has 0 saturated carbocycles. The summed E-state index contributed by atoms with van der Waals surface area (Å²) in [6, 6.07) is 8.18. The first-order valence-electron chi connectivity index (χ1n) is 6.17. The first kappa shape index (κ1) is 11.7. The summed E-state index contributed by atoms with van der Waals surface area (Å²) in [6.07, 6.45) is 4.27. The lowest BCUT2D eigenvalue weighted by Gasteiger charge is -2.35. The molecular weight excluding hydrogens is 208 g/mol. The average Bonchev–Trinajstić information content (AvgIpc) is 2.36. The fraction of sp³-hybridized carbons (Fsp3) is 0.400. The molecule has 1 aromatic rings. The second-order valence-corrected chi connectivity index (χ2v) is 4.76. The maximum atomic E-state index is 9.19. The van der Waals surface area contributed by atoms with E-state index in [1.807, 2.05) is 12.1 Å². The second-order valence-electron chi connectivity index (χ2n) is 4.76. The van der Waals surface area contributed by atoms with E-state index in [2.05, 4.69) is 44.3 Å². The SMILES string of the molecule is CCC1=CC(C)(CC)Nc2cccc(C#N)c21. The molecule has 0 aromatic heterocycles. The summed E-state index contributed by atoms with van der Waals surface area (Å²) in [5, 5.41) is 12.7. The van der Waals surface area contributed by atoms with Crippen molar-refractivity contribution >= 4 is 11.3 Å². The number of benzene rings is 1. The van der Waals surface area contributed by atoms with Gasteiger partial charge in [-0.05, 0) is 37.5 Å². The maximum Gasteiger partial charge on any atom is 0.0998 e. The summed E-state index contributed by atoms with van der Waals surface area (Å²) >= 11 is 0. The first-order chi connectivity index (χ1) is 8.13. The fourth-order valence-electron chi connectivity index (χ4n) is 2.37. The van der Waals surface area contributed by atoms with Gasteiger partial charge < -0.3 is 5.32 Å². The highest BCUT2D eigenvalue weighted by Crippen LogP contribution is 2.38. The molecule has 0 saturated heterocycles. The number of nitriles is 1. The molecule has 1 aliphatic heterocycles.